The van der Waals surface area contributed by atoms with Gasteiger partial charge < -0.3 is 9.47 Å². The minimum atomic E-state index is -3.88. The average molecular weight is 471 g/mol. The molecule has 1 aliphatic heterocycles. The number of nitrogens with one attached hydrogen (secondary N) is 2. The highest BCUT2D eigenvalue weighted by atomic mass is 32.2. The number of thiazole rings is 1. The van der Waals surface area contributed by atoms with Gasteiger partial charge in [-0.1, -0.05) is 11.3 Å². The minimum absolute atomic E-state index is 0.0710. The highest BCUT2D eigenvalue weighted by Crippen LogP contribution is 2.39. The smallest absolute Gasteiger partial charge is 0.261 e. The zero-order chi connectivity index (χ0) is 22.3. The molecule has 0 saturated heterocycles. The number of hydrogen-bond donors (Lipinski definition) is 2. The lowest BCUT2D eigenvalue weighted by atomic mass is 10.2. The predicted octanol–water partition coefficient (Wildman–Crippen LogP) is 4.22. The topological polar surface area (TPSA) is 107 Å². The molecule has 3 aromatic carbocycles. The van der Waals surface area contributed by atoms with Crippen molar-refractivity contribution in [2.45, 2.75) is 4.90 Å². The van der Waals surface area contributed by atoms with Crippen LogP contribution in [0.3, 0.4) is 0 Å². The van der Waals surface area contributed by atoms with Crippen LogP contribution in [0.15, 0.2) is 65.6 Å². The molecule has 1 aliphatic rings. The molecular weight excluding hydrogens is 457 g/mol. The molecule has 0 aliphatic carbocycles. The number of carbonyl (C=O) groups excluding carboxylic acids is 1. The number of halogens is 1. The number of hydrogen-bond acceptors (Lipinski definition) is 7. The van der Waals surface area contributed by atoms with Crippen molar-refractivity contribution < 1.29 is 27.1 Å². The summed E-state index contributed by atoms with van der Waals surface area (Å²) in [6.45, 7) is 0.173. The molecule has 0 fully saturated rings. The number of nitrogens with zero attached hydrogens (tertiary/aromatic N) is 1. The number of fused-ring (bicyclic) bond motifs is 2. The summed E-state index contributed by atoms with van der Waals surface area (Å²) >= 11 is 1.30. The van der Waals surface area contributed by atoms with E-state index in [2.05, 4.69) is 15.0 Å². The molecular formula is C21H14FN3O5S2. The molecule has 0 atom stereocenters. The van der Waals surface area contributed by atoms with Crippen molar-refractivity contribution in [1.29, 1.82) is 0 Å². The molecule has 2 heterocycles. The Labute approximate surface area is 185 Å². The molecule has 2 N–H and O–H groups in total. The molecule has 11 heteroatoms. The maximum atomic E-state index is 13.0. The van der Waals surface area contributed by atoms with Gasteiger partial charge >= 0.3 is 0 Å². The van der Waals surface area contributed by atoms with Gasteiger partial charge in [0.2, 0.25) is 6.79 Å². The Balaban J connectivity index is 1.29. The van der Waals surface area contributed by atoms with E-state index in [-0.39, 0.29) is 17.4 Å². The highest BCUT2D eigenvalue weighted by molar-refractivity contribution is 7.92. The Morgan fingerprint density at radius 2 is 1.69 bits per heavy atom. The molecule has 1 amide bonds. The molecule has 1 aromatic heterocycles. The van der Waals surface area contributed by atoms with E-state index in [1.54, 1.807) is 6.07 Å². The number of benzene rings is 3. The van der Waals surface area contributed by atoms with E-state index in [4.69, 9.17) is 9.47 Å². The summed E-state index contributed by atoms with van der Waals surface area (Å²) in [6, 6.07) is 14.0. The van der Waals surface area contributed by atoms with Crippen molar-refractivity contribution in [1.82, 2.24) is 4.98 Å². The summed E-state index contributed by atoms with van der Waals surface area (Å²) in [7, 11) is -3.88. The first-order chi connectivity index (χ1) is 15.4. The molecule has 0 bridgehead atoms. The summed E-state index contributed by atoms with van der Waals surface area (Å²) in [6.07, 6.45) is 0. The second-order valence-corrected chi connectivity index (χ2v) is 9.50. The van der Waals surface area contributed by atoms with E-state index < -0.39 is 21.7 Å². The quantitative estimate of drug-likeness (QED) is 0.452. The molecule has 8 nitrogen and oxygen atoms in total. The summed E-state index contributed by atoms with van der Waals surface area (Å²) in [5, 5.41) is 3.15. The molecule has 0 spiro atoms. The van der Waals surface area contributed by atoms with Crippen LogP contribution in [0.25, 0.3) is 10.2 Å². The fourth-order valence-corrected chi connectivity index (χ4v) is 4.99. The van der Waals surface area contributed by atoms with Crippen LogP contribution in [-0.2, 0) is 10.0 Å². The van der Waals surface area contributed by atoms with Gasteiger partial charge in [0.1, 0.15) is 5.82 Å². The van der Waals surface area contributed by atoms with Crippen molar-refractivity contribution in [3.05, 3.63) is 72.0 Å². The number of rotatable bonds is 5. The van der Waals surface area contributed by atoms with Crippen LogP contribution in [0.2, 0.25) is 0 Å². The highest BCUT2D eigenvalue weighted by Gasteiger charge is 2.18. The van der Waals surface area contributed by atoms with Gasteiger partial charge in [-0.25, -0.2) is 17.8 Å². The van der Waals surface area contributed by atoms with Gasteiger partial charge in [-0.2, -0.15) is 0 Å². The average Bonchev–Trinajstić information content (AvgIpc) is 3.37. The maximum absolute atomic E-state index is 13.0. The normalized spacial score (nSPS) is 12.7. The lowest BCUT2D eigenvalue weighted by Crippen LogP contribution is -2.14. The number of carbonyl (C=O) groups is 1. The van der Waals surface area contributed by atoms with E-state index in [0.717, 1.165) is 16.8 Å². The van der Waals surface area contributed by atoms with E-state index in [9.17, 15) is 17.6 Å². The fraction of sp³-hybridized carbons (Fsp3) is 0.0476. The van der Waals surface area contributed by atoms with Gasteiger partial charge in [-0.15, -0.1) is 0 Å². The second kappa shape index (κ2) is 7.77. The SMILES string of the molecule is O=C(Nc1nc2cc3c(cc2s1)OCO3)c1ccc(NS(=O)(=O)c2ccc(F)cc2)cc1. The Morgan fingerprint density at radius 1 is 1.00 bits per heavy atom. The van der Waals surface area contributed by atoms with Crippen LogP contribution in [0.5, 0.6) is 11.5 Å². The number of ether oxygens (including phenoxy) is 2. The van der Waals surface area contributed by atoms with E-state index in [1.165, 1.54) is 47.7 Å². The van der Waals surface area contributed by atoms with Crippen LogP contribution in [0.1, 0.15) is 10.4 Å². The van der Waals surface area contributed by atoms with Crippen molar-refractivity contribution in [2.75, 3.05) is 16.8 Å². The Kier molecular flexibility index (Phi) is 4.91. The third-order valence-electron chi connectivity index (χ3n) is 4.63. The lowest BCUT2D eigenvalue weighted by Gasteiger charge is -2.09. The molecule has 0 unspecified atom stereocenters. The van der Waals surface area contributed by atoms with Gasteiger partial charge in [-0.05, 0) is 48.5 Å². The van der Waals surface area contributed by atoms with Crippen molar-refractivity contribution in [2.24, 2.45) is 0 Å². The van der Waals surface area contributed by atoms with Gasteiger partial charge in [0.15, 0.2) is 16.6 Å². The molecule has 0 saturated carbocycles. The van der Waals surface area contributed by atoms with Gasteiger partial charge in [-0.3, -0.25) is 14.8 Å². The maximum Gasteiger partial charge on any atom is 0.261 e. The van der Waals surface area contributed by atoms with E-state index >= 15 is 0 Å². The zero-order valence-electron chi connectivity index (χ0n) is 16.2. The Hall–Kier alpha value is -3.70. The zero-order valence-corrected chi connectivity index (χ0v) is 17.8. The van der Waals surface area contributed by atoms with Crippen LogP contribution in [0.4, 0.5) is 15.2 Å². The number of aromatic nitrogens is 1. The number of sulfonamides is 1. The monoisotopic (exact) mass is 471 g/mol. The van der Waals surface area contributed by atoms with Crippen LogP contribution >= 0.6 is 11.3 Å². The summed E-state index contributed by atoms with van der Waals surface area (Å²) in [4.78, 5) is 16.9. The summed E-state index contributed by atoms with van der Waals surface area (Å²) < 4.78 is 51.7. The molecule has 5 rings (SSSR count). The summed E-state index contributed by atoms with van der Waals surface area (Å²) in [5.41, 5.74) is 1.27. The predicted molar refractivity (Wildman–Crippen MR) is 117 cm³/mol. The minimum Gasteiger partial charge on any atom is -0.454 e. The Bertz CT molecular complexity index is 1390. The molecule has 162 valence electrons. The fourth-order valence-electron chi connectivity index (χ4n) is 3.06. The van der Waals surface area contributed by atoms with Gasteiger partial charge in [0.05, 0.1) is 15.1 Å². The molecule has 4 aromatic rings. The first kappa shape index (κ1) is 20.2. The largest absolute Gasteiger partial charge is 0.454 e. The van der Waals surface area contributed by atoms with Crippen molar-refractivity contribution in [3.8, 4) is 11.5 Å². The van der Waals surface area contributed by atoms with E-state index in [0.29, 0.717) is 27.7 Å². The lowest BCUT2D eigenvalue weighted by molar-refractivity contribution is 0.102. The van der Waals surface area contributed by atoms with Crippen LogP contribution < -0.4 is 19.5 Å². The van der Waals surface area contributed by atoms with Crippen LogP contribution in [0, 0.1) is 5.82 Å². The number of amides is 1. The van der Waals surface area contributed by atoms with E-state index in [1.807, 2.05) is 6.07 Å². The molecule has 0 radical (unpaired) electrons. The standard InChI is InChI=1S/C21H14FN3O5S2/c22-13-3-7-15(8-4-13)32(27,28)25-14-5-1-12(2-6-14)20(26)24-21-23-16-9-17-18(30-11-29-17)10-19(16)31-21/h1-10,25H,11H2,(H,23,24,26). The third-order valence-corrected chi connectivity index (χ3v) is 6.96. The molecule has 32 heavy (non-hydrogen) atoms. The van der Waals surface area contributed by atoms with Gasteiger partial charge in [0, 0.05) is 23.4 Å². The van der Waals surface area contributed by atoms with Crippen LogP contribution in [-0.4, -0.2) is 26.1 Å². The third kappa shape index (κ3) is 3.95. The Morgan fingerprint density at radius 3 is 2.41 bits per heavy atom. The van der Waals surface area contributed by atoms with Gasteiger partial charge in [0.25, 0.3) is 15.9 Å². The number of anilines is 2. The first-order valence-electron chi connectivity index (χ1n) is 9.27. The first-order valence-corrected chi connectivity index (χ1v) is 11.6. The van der Waals surface area contributed by atoms with Crippen molar-refractivity contribution >= 4 is 48.3 Å². The second-order valence-electron chi connectivity index (χ2n) is 6.78. The summed E-state index contributed by atoms with van der Waals surface area (Å²) in [5.74, 6) is 0.326. The van der Waals surface area contributed by atoms with Crippen molar-refractivity contribution in [3.63, 3.8) is 0 Å².